The molecule has 2 heterocycles. The maximum Gasteiger partial charge on any atom is 0.315 e. The molecule has 4 rings (SSSR count). The highest BCUT2D eigenvalue weighted by molar-refractivity contribution is 6.03. The fourth-order valence-electron chi connectivity index (χ4n) is 5.82. The zero-order chi connectivity index (χ0) is 29.7. The number of carbonyl (C=O) groups excluding carboxylic acids is 2. The van der Waals surface area contributed by atoms with E-state index in [9.17, 15) is 19.7 Å². The molecule has 2 aromatic carbocycles. The molecule has 2 aliphatic rings. The summed E-state index contributed by atoms with van der Waals surface area (Å²) in [7, 11) is 4.57. The third-order valence-electron chi connectivity index (χ3n) is 7.82. The maximum absolute atomic E-state index is 12.9. The molecule has 2 atom stereocenters. The first-order chi connectivity index (χ1) is 19.7. The van der Waals surface area contributed by atoms with Gasteiger partial charge in [0.15, 0.2) is 11.5 Å². The first-order valence-electron chi connectivity index (χ1n) is 13.5. The summed E-state index contributed by atoms with van der Waals surface area (Å²) in [6.07, 6.45) is 2.34. The van der Waals surface area contributed by atoms with Gasteiger partial charge in [0, 0.05) is 49.9 Å². The molecule has 0 fully saturated rings. The Morgan fingerprint density at radius 2 is 1.78 bits per heavy atom. The van der Waals surface area contributed by atoms with Gasteiger partial charge in [0.2, 0.25) is 6.41 Å². The number of amides is 1. The molecule has 0 aromatic heterocycles. The van der Waals surface area contributed by atoms with Crippen molar-refractivity contribution >= 4 is 23.8 Å². The molecule has 2 aromatic rings. The Kier molecular flexibility index (Phi) is 9.38. The van der Waals surface area contributed by atoms with Gasteiger partial charge in [0.25, 0.3) is 5.69 Å². The van der Waals surface area contributed by atoms with Gasteiger partial charge in [-0.1, -0.05) is 12.1 Å². The van der Waals surface area contributed by atoms with Crippen LogP contribution in [0.15, 0.2) is 52.8 Å². The number of nitro benzene ring substituents is 1. The number of carbonyl (C=O) groups is 2. The van der Waals surface area contributed by atoms with Crippen LogP contribution < -0.4 is 9.47 Å². The van der Waals surface area contributed by atoms with Gasteiger partial charge in [-0.2, -0.15) is 0 Å². The minimum absolute atomic E-state index is 0.0572. The summed E-state index contributed by atoms with van der Waals surface area (Å²) in [6.45, 7) is 6.38. The number of non-ortho nitro benzene ring substituents is 1. The molecule has 0 spiro atoms. The van der Waals surface area contributed by atoms with Crippen LogP contribution >= 0.6 is 0 Å². The van der Waals surface area contributed by atoms with E-state index in [0.717, 1.165) is 38.2 Å². The highest BCUT2D eigenvalue weighted by Gasteiger charge is 2.41. The zero-order valence-corrected chi connectivity index (χ0v) is 24.1. The van der Waals surface area contributed by atoms with Gasteiger partial charge in [-0.25, -0.2) is 0 Å². The van der Waals surface area contributed by atoms with Crippen LogP contribution in [-0.4, -0.2) is 73.8 Å². The van der Waals surface area contributed by atoms with Gasteiger partial charge in [-0.15, -0.1) is 0 Å². The Labute approximate surface area is 239 Å². The van der Waals surface area contributed by atoms with Crippen LogP contribution in [0.3, 0.4) is 0 Å². The zero-order valence-electron chi connectivity index (χ0n) is 24.1. The van der Waals surface area contributed by atoms with Crippen LogP contribution in [0.4, 0.5) is 5.69 Å². The molecule has 0 bridgehead atoms. The Hall–Kier alpha value is -4.25. The van der Waals surface area contributed by atoms with Crippen LogP contribution in [0.5, 0.6) is 11.5 Å². The van der Waals surface area contributed by atoms with E-state index in [2.05, 4.69) is 9.89 Å². The van der Waals surface area contributed by atoms with Crippen molar-refractivity contribution in [3.63, 3.8) is 0 Å². The average Bonchev–Trinajstić information content (AvgIpc) is 2.98. The number of hydrogen-bond acceptors (Lipinski definition) is 9. The normalized spacial score (nSPS) is 18.7. The fraction of sp³-hybridized carbons (Fsp3) is 0.433. The monoisotopic (exact) mass is 564 g/mol. The second kappa shape index (κ2) is 12.9. The molecule has 11 heteroatoms. The topological polar surface area (TPSA) is 124 Å². The number of rotatable bonds is 11. The van der Waals surface area contributed by atoms with Crippen molar-refractivity contribution in [3.8, 4) is 11.5 Å². The minimum atomic E-state index is -0.770. The highest BCUT2D eigenvalue weighted by Crippen LogP contribution is 2.41. The van der Waals surface area contributed by atoms with Crippen molar-refractivity contribution in [2.24, 2.45) is 10.9 Å². The molecule has 0 saturated carbocycles. The van der Waals surface area contributed by atoms with Crippen LogP contribution in [0.25, 0.3) is 0 Å². The summed E-state index contributed by atoms with van der Waals surface area (Å²) in [5.74, 6) is -0.413. The molecule has 0 N–H and O–H groups in total. The standard InChI is InChI=1S/C30H36N4O7/c1-19-27(30(36)41-5)28(21-7-9-24(10-8-21)34(37)38)29(20(2)31-19)33(18-35)13-6-12-32-14-11-22-15-25(39-3)26(40-4)16-23(22)17-32/h7-10,15-16,18,27-28H,6,11-14,17H2,1-5H3. The predicted molar refractivity (Wildman–Crippen MR) is 153 cm³/mol. The molecule has 0 aliphatic carbocycles. The number of esters is 1. The summed E-state index contributed by atoms with van der Waals surface area (Å²) < 4.78 is 16.0. The summed E-state index contributed by atoms with van der Waals surface area (Å²) >= 11 is 0. The third-order valence-corrected chi connectivity index (χ3v) is 7.82. The Morgan fingerprint density at radius 3 is 2.37 bits per heavy atom. The van der Waals surface area contributed by atoms with E-state index in [1.54, 1.807) is 38.2 Å². The number of nitro groups is 1. The molecule has 0 saturated heterocycles. The summed E-state index contributed by atoms with van der Waals surface area (Å²) in [5, 5.41) is 11.2. The van der Waals surface area contributed by atoms with E-state index in [1.807, 2.05) is 19.1 Å². The smallest absolute Gasteiger partial charge is 0.315 e. The number of ether oxygens (including phenoxy) is 3. The molecule has 41 heavy (non-hydrogen) atoms. The quantitative estimate of drug-likeness (QED) is 0.173. The van der Waals surface area contributed by atoms with E-state index in [0.29, 0.717) is 41.4 Å². The number of benzene rings is 2. The molecular formula is C30H36N4O7. The second-order valence-electron chi connectivity index (χ2n) is 10.2. The summed E-state index contributed by atoms with van der Waals surface area (Å²) in [4.78, 5) is 44.7. The predicted octanol–water partition coefficient (Wildman–Crippen LogP) is 4.10. The second-order valence-corrected chi connectivity index (χ2v) is 10.2. The largest absolute Gasteiger partial charge is 0.493 e. The van der Waals surface area contributed by atoms with Crippen molar-refractivity contribution in [2.75, 3.05) is 41.0 Å². The van der Waals surface area contributed by atoms with Crippen LogP contribution in [0.2, 0.25) is 0 Å². The van der Waals surface area contributed by atoms with Crippen molar-refractivity contribution in [1.29, 1.82) is 0 Å². The van der Waals surface area contributed by atoms with Gasteiger partial charge in [0.05, 0.1) is 37.6 Å². The summed E-state index contributed by atoms with van der Waals surface area (Å²) in [5.41, 5.74) is 4.81. The first-order valence-corrected chi connectivity index (χ1v) is 13.5. The van der Waals surface area contributed by atoms with Crippen molar-refractivity contribution in [3.05, 3.63) is 74.6 Å². The van der Waals surface area contributed by atoms with Crippen LogP contribution in [0, 0.1) is 16.0 Å². The van der Waals surface area contributed by atoms with Gasteiger partial charge < -0.3 is 19.1 Å². The Morgan fingerprint density at radius 1 is 1.12 bits per heavy atom. The SMILES string of the molecule is COC(=O)C1C(C)=NC(C)=C(N(C=O)CCCN2CCc3cc(OC)c(OC)cc3C2)C1c1ccc([N+](=O)[O-])cc1. The number of fused-ring (bicyclic) bond motifs is 1. The molecule has 0 radical (unpaired) electrons. The maximum atomic E-state index is 12.9. The lowest BCUT2D eigenvalue weighted by molar-refractivity contribution is -0.384. The Balaban J connectivity index is 1.54. The number of hydrogen-bond donors (Lipinski definition) is 0. The van der Waals surface area contributed by atoms with Crippen LogP contribution in [-0.2, 0) is 27.3 Å². The molecule has 2 aliphatic heterocycles. The third kappa shape index (κ3) is 6.25. The van der Waals surface area contributed by atoms with E-state index in [1.165, 1.54) is 30.4 Å². The van der Waals surface area contributed by atoms with Crippen molar-refractivity contribution < 1.29 is 28.7 Å². The minimum Gasteiger partial charge on any atom is -0.493 e. The number of aliphatic imine (C=N–C) groups is 1. The fourth-order valence-corrected chi connectivity index (χ4v) is 5.82. The number of nitrogens with zero attached hydrogens (tertiary/aromatic N) is 4. The average molecular weight is 565 g/mol. The van der Waals surface area contributed by atoms with E-state index < -0.39 is 22.7 Å². The first kappa shape index (κ1) is 29.7. The van der Waals surface area contributed by atoms with Crippen molar-refractivity contribution in [1.82, 2.24) is 9.80 Å². The molecule has 1 amide bonds. The lowest BCUT2D eigenvalue weighted by Gasteiger charge is -2.37. The molecule has 218 valence electrons. The lowest BCUT2D eigenvalue weighted by atomic mass is 9.78. The van der Waals surface area contributed by atoms with Gasteiger partial charge in [-0.3, -0.25) is 29.6 Å². The van der Waals surface area contributed by atoms with E-state index in [-0.39, 0.29) is 5.69 Å². The Bertz CT molecular complexity index is 1370. The molecule has 11 nitrogen and oxygen atoms in total. The molecular weight excluding hydrogens is 528 g/mol. The number of methoxy groups -OCH3 is 3. The van der Waals surface area contributed by atoms with E-state index in [4.69, 9.17) is 14.2 Å². The van der Waals surface area contributed by atoms with Gasteiger partial charge >= 0.3 is 5.97 Å². The molecule has 2 unspecified atom stereocenters. The van der Waals surface area contributed by atoms with Crippen molar-refractivity contribution in [2.45, 2.75) is 39.2 Å². The lowest BCUT2D eigenvalue weighted by Crippen LogP contribution is -2.40. The highest BCUT2D eigenvalue weighted by atomic mass is 16.6. The van der Waals surface area contributed by atoms with E-state index >= 15 is 0 Å². The summed E-state index contributed by atoms with van der Waals surface area (Å²) in [6, 6.07) is 10.1. The van der Waals surface area contributed by atoms with Gasteiger partial charge in [-0.05, 0) is 55.5 Å². The van der Waals surface area contributed by atoms with Crippen LogP contribution in [0.1, 0.15) is 42.9 Å². The number of allylic oxidation sites excluding steroid dienone is 2. The van der Waals surface area contributed by atoms with Gasteiger partial charge in [0.1, 0.15) is 5.92 Å².